The van der Waals surface area contributed by atoms with E-state index in [1.54, 1.807) is 17.6 Å². The molecule has 1 aliphatic heterocycles. The quantitative estimate of drug-likeness (QED) is 0.524. The van der Waals surface area contributed by atoms with Crippen molar-refractivity contribution in [3.63, 3.8) is 0 Å². The number of hydrogen-bond donors (Lipinski definition) is 1. The van der Waals surface area contributed by atoms with Crippen molar-refractivity contribution in [2.24, 2.45) is 5.92 Å². The maximum absolute atomic E-state index is 12.5. The van der Waals surface area contributed by atoms with Gasteiger partial charge in [-0.25, -0.2) is 13.4 Å². The summed E-state index contributed by atoms with van der Waals surface area (Å²) in [5.74, 6) is 0.826. The molecule has 0 unspecified atom stereocenters. The van der Waals surface area contributed by atoms with Crippen LogP contribution in [0, 0.1) is 5.92 Å². The lowest BCUT2D eigenvalue weighted by atomic mass is 9.96. The first kappa shape index (κ1) is 22.1. The van der Waals surface area contributed by atoms with Gasteiger partial charge >= 0.3 is 0 Å². The van der Waals surface area contributed by atoms with Crippen molar-refractivity contribution in [2.75, 3.05) is 17.8 Å². The van der Waals surface area contributed by atoms with E-state index in [-0.39, 0.29) is 16.0 Å². The van der Waals surface area contributed by atoms with Gasteiger partial charge in [0, 0.05) is 37.1 Å². The highest BCUT2D eigenvalue weighted by Gasteiger charge is 2.28. The molecule has 164 valence electrons. The van der Waals surface area contributed by atoms with Gasteiger partial charge in [-0.05, 0) is 30.2 Å². The second-order valence-corrected chi connectivity index (χ2v) is 10.7. The SMILES string of the molecule is C[C@H]1CN(Cc2ccccc2)CC[C@@H]1Oc1ccc(S(=O)(=O)Nc2nccs2)cc1Cl. The zero-order valence-electron chi connectivity index (χ0n) is 17.1. The molecule has 0 amide bonds. The molecule has 0 aliphatic carbocycles. The number of ether oxygens (including phenoxy) is 1. The summed E-state index contributed by atoms with van der Waals surface area (Å²) in [6, 6.07) is 15.0. The number of nitrogens with one attached hydrogen (secondary N) is 1. The first-order valence-electron chi connectivity index (χ1n) is 10.1. The van der Waals surface area contributed by atoms with Gasteiger partial charge in [0.05, 0.1) is 9.92 Å². The maximum Gasteiger partial charge on any atom is 0.263 e. The summed E-state index contributed by atoms with van der Waals surface area (Å²) in [7, 11) is -3.75. The van der Waals surface area contributed by atoms with Crippen LogP contribution in [0.5, 0.6) is 5.75 Å². The van der Waals surface area contributed by atoms with Crippen LogP contribution in [0.2, 0.25) is 5.02 Å². The average molecular weight is 478 g/mol. The van der Waals surface area contributed by atoms with Crippen LogP contribution in [0.1, 0.15) is 18.9 Å². The van der Waals surface area contributed by atoms with Crippen molar-refractivity contribution in [3.05, 3.63) is 70.7 Å². The van der Waals surface area contributed by atoms with Crippen molar-refractivity contribution in [1.82, 2.24) is 9.88 Å². The number of anilines is 1. The monoisotopic (exact) mass is 477 g/mol. The molecule has 0 radical (unpaired) electrons. The number of likely N-dealkylation sites (tertiary alicyclic amines) is 1. The van der Waals surface area contributed by atoms with Gasteiger partial charge in [-0.2, -0.15) is 0 Å². The summed E-state index contributed by atoms with van der Waals surface area (Å²) >= 11 is 7.59. The number of halogens is 1. The van der Waals surface area contributed by atoms with Crippen molar-refractivity contribution in [1.29, 1.82) is 0 Å². The fourth-order valence-corrected chi connectivity index (χ4v) is 5.83. The summed E-state index contributed by atoms with van der Waals surface area (Å²) in [6.45, 7) is 4.97. The van der Waals surface area contributed by atoms with Gasteiger partial charge < -0.3 is 4.74 Å². The van der Waals surface area contributed by atoms with Crippen LogP contribution in [-0.2, 0) is 16.6 Å². The van der Waals surface area contributed by atoms with E-state index >= 15 is 0 Å². The highest BCUT2D eigenvalue weighted by atomic mass is 35.5. The first-order valence-corrected chi connectivity index (χ1v) is 12.8. The third-order valence-corrected chi connectivity index (χ3v) is 7.76. The fourth-order valence-electron chi connectivity index (χ4n) is 3.73. The molecule has 0 spiro atoms. The van der Waals surface area contributed by atoms with Crippen molar-refractivity contribution in [2.45, 2.75) is 30.9 Å². The van der Waals surface area contributed by atoms with Crippen LogP contribution in [-0.4, -0.2) is 37.5 Å². The molecule has 1 fully saturated rings. The third kappa shape index (κ3) is 5.57. The van der Waals surface area contributed by atoms with E-state index in [9.17, 15) is 8.42 Å². The summed E-state index contributed by atoms with van der Waals surface area (Å²) in [5.41, 5.74) is 1.31. The molecule has 1 aliphatic rings. The molecule has 0 saturated carbocycles. The largest absolute Gasteiger partial charge is 0.488 e. The van der Waals surface area contributed by atoms with Gasteiger partial charge in [0.1, 0.15) is 11.9 Å². The van der Waals surface area contributed by atoms with E-state index in [2.05, 4.69) is 45.8 Å². The minimum atomic E-state index is -3.75. The van der Waals surface area contributed by atoms with Crippen LogP contribution in [0.4, 0.5) is 5.13 Å². The molecule has 2 aromatic carbocycles. The van der Waals surface area contributed by atoms with Crippen molar-refractivity contribution < 1.29 is 13.2 Å². The van der Waals surface area contributed by atoms with E-state index in [1.165, 1.54) is 29.0 Å². The number of thiazole rings is 1. The van der Waals surface area contributed by atoms with E-state index in [1.807, 2.05) is 6.07 Å². The Hall–Kier alpha value is -2.13. The third-order valence-electron chi connectivity index (χ3n) is 5.31. The molecule has 2 atom stereocenters. The Balaban J connectivity index is 1.38. The summed E-state index contributed by atoms with van der Waals surface area (Å²) in [6.07, 6.45) is 2.45. The molecule has 9 heteroatoms. The van der Waals surface area contributed by atoms with Gasteiger partial charge in [-0.3, -0.25) is 9.62 Å². The molecule has 1 aromatic heterocycles. The number of sulfonamides is 1. The van der Waals surface area contributed by atoms with Crippen LogP contribution < -0.4 is 9.46 Å². The number of benzene rings is 2. The van der Waals surface area contributed by atoms with Gasteiger partial charge in [0.2, 0.25) is 0 Å². The standard InChI is InChI=1S/C22H24ClN3O3S2/c1-16-14-26(15-17-5-3-2-4-6-17)11-9-20(16)29-21-8-7-18(13-19(21)23)31(27,28)25-22-24-10-12-30-22/h2-8,10,12-13,16,20H,9,11,14-15H2,1H3,(H,24,25)/t16-,20-/m0/s1. The molecule has 0 bridgehead atoms. The molecule has 31 heavy (non-hydrogen) atoms. The molecule has 1 N–H and O–H groups in total. The fraction of sp³-hybridized carbons (Fsp3) is 0.318. The number of nitrogens with zero attached hydrogens (tertiary/aromatic N) is 2. The van der Waals surface area contributed by atoms with Crippen LogP contribution in [0.3, 0.4) is 0 Å². The smallest absolute Gasteiger partial charge is 0.263 e. The number of rotatable bonds is 7. The molecular weight excluding hydrogens is 454 g/mol. The average Bonchev–Trinajstić information content (AvgIpc) is 3.24. The second kappa shape index (κ2) is 9.56. The van der Waals surface area contributed by atoms with E-state index < -0.39 is 10.0 Å². The number of aromatic nitrogens is 1. The Morgan fingerprint density at radius 1 is 1.26 bits per heavy atom. The summed E-state index contributed by atoms with van der Waals surface area (Å²) < 4.78 is 33.7. The number of hydrogen-bond acceptors (Lipinski definition) is 6. The van der Waals surface area contributed by atoms with E-state index in [0.717, 1.165) is 26.1 Å². The number of piperidine rings is 1. The molecule has 4 rings (SSSR count). The predicted molar refractivity (Wildman–Crippen MR) is 124 cm³/mol. The van der Waals surface area contributed by atoms with Crippen LogP contribution >= 0.6 is 22.9 Å². The van der Waals surface area contributed by atoms with Gasteiger partial charge in [0.25, 0.3) is 10.0 Å². The van der Waals surface area contributed by atoms with Crippen LogP contribution in [0.25, 0.3) is 0 Å². The normalized spacial score (nSPS) is 19.8. The Kier molecular flexibility index (Phi) is 6.81. The zero-order valence-corrected chi connectivity index (χ0v) is 19.5. The Morgan fingerprint density at radius 3 is 2.74 bits per heavy atom. The van der Waals surface area contributed by atoms with Gasteiger partial charge in [-0.15, -0.1) is 11.3 Å². The van der Waals surface area contributed by atoms with Gasteiger partial charge in [-0.1, -0.05) is 48.9 Å². The second-order valence-electron chi connectivity index (χ2n) is 7.68. The maximum atomic E-state index is 12.5. The highest BCUT2D eigenvalue weighted by molar-refractivity contribution is 7.93. The van der Waals surface area contributed by atoms with Crippen LogP contribution in [0.15, 0.2) is 65.0 Å². The lowest BCUT2D eigenvalue weighted by Crippen LogP contribution is -2.44. The van der Waals surface area contributed by atoms with Crippen molar-refractivity contribution in [3.8, 4) is 5.75 Å². The Morgan fingerprint density at radius 2 is 2.06 bits per heavy atom. The summed E-state index contributed by atoms with van der Waals surface area (Å²) in [4.78, 5) is 6.46. The lowest BCUT2D eigenvalue weighted by molar-refractivity contribution is 0.0490. The molecular formula is C22H24ClN3O3S2. The Bertz CT molecular complexity index is 1110. The Labute approximate surface area is 191 Å². The first-order chi connectivity index (χ1) is 14.9. The van der Waals surface area contributed by atoms with E-state index in [0.29, 0.717) is 16.8 Å². The predicted octanol–water partition coefficient (Wildman–Crippen LogP) is 4.89. The topological polar surface area (TPSA) is 71.5 Å². The zero-order chi connectivity index (χ0) is 21.8. The minimum absolute atomic E-state index is 0.0282. The molecule has 1 saturated heterocycles. The molecule has 6 nitrogen and oxygen atoms in total. The van der Waals surface area contributed by atoms with Crippen molar-refractivity contribution >= 4 is 38.1 Å². The summed E-state index contributed by atoms with van der Waals surface area (Å²) in [5, 5.41) is 2.29. The highest BCUT2D eigenvalue weighted by Crippen LogP contribution is 2.32. The minimum Gasteiger partial charge on any atom is -0.488 e. The lowest BCUT2D eigenvalue weighted by Gasteiger charge is -2.37. The van der Waals surface area contributed by atoms with E-state index in [4.69, 9.17) is 16.3 Å². The van der Waals surface area contributed by atoms with Gasteiger partial charge in [0.15, 0.2) is 5.13 Å². The molecule has 3 aromatic rings. The molecule has 2 heterocycles.